The van der Waals surface area contributed by atoms with Crippen molar-refractivity contribution >= 4 is 38.3 Å². The third-order valence-electron chi connectivity index (χ3n) is 4.01. The highest BCUT2D eigenvalue weighted by Crippen LogP contribution is 2.29. The van der Waals surface area contributed by atoms with E-state index >= 15 is 0 Å². The van der Waals surface area contributed by atoms with Crippen molar-refractivity contribution in [2.75, 3.05) is 24.7 Å². The van der Waals surface area contributed by atoms with Crippen LogP contribution in [0.5, 0.6) is 0 Å². The fourth-order valence-corrected chi connectivity index (χ4v) is 4.67. The molecular formula is C17H19N3O5S2. The van der Waals surface area contributed by atoms with Crippen LogP contribution in [0.15, 0.2) is 29.2 Å². The van der Waals surface area contributed by atoms with Gasteiger partial charge in [-0.25, -0.2) is 18.2 Å². The number of hydrogen-bond acceptors (Lipinski definition) is 7. The van der Waals surface area contributed by atoms with E-state index in [9.17, 15) is 18.0 Å². The Balaban J connectivity index is 1.78. The fourth-order valence-electron chi connectivity index (χ4n) is 2.76. The first kappa shape index (κ1) is 19.3. The molecule has 2 amide bonds. The molecule has 0 radical (unpaired) electrons. The van der Waals surface area contributed by atoms with Crippen molar-refractivity contribution in [3.8, 4) is 0 Å². The lowest BCUT2D eigenvalue weighted by molar-refractivity contribution is 0.102. The van der Waals surface area contributed by atoms with E-state index < -0.39 is 15.7 Å². The number of benzene rings is 1. The van der Waals surface area contributed by atoms with Crippen LogP contribution in [-0.2, 0) is 27.5 Å². The summed E-state index contributed by atoms with van der Waals surface area (Å²) in [5.41, 5.74) is 0.897. The highest BCUT2D eigenvalue weighted by Gasteiger charge is 2.26. The van der Waals surface area contributed by atoms with Gasteiger partial charge in [-0.3, -0.25) is 10.1 Å². The summed E-state index contributed by atoms with van der Waals surface area (Å²) in [6, 6.07) is 6.03. The molecule has 1 N–H and O–H groups in total. The number of hydrogen-bond donors (Lipinski definition) is 1. The quantitative estimate of drug-likeness (QED) is 0.831. The first-order valence-corrected chi connectivity index (χ1v) is 11.0. The molecule has 1 aliphatic rings. The van der Waals surface area contributed by atoms with Crippen LogP contribution in [-0.4, -0.2) is 49.7 Å². The van der Waals surface area contributed by atoms with E-state index in [-0.39, 0.29) is 16.6 Å². The van der Waals surface area contributed by atoms with Crippen LogP contribution in [0.2, 0.25) is 0 Å². The summed E-state index contributed by atoms with van der Waals surface area (Å²) in [7, 11) is -3.53. The highest BCUT2D eigenvalue weighted by atomic mass is 32.2. The Morgan fingerprint density at radius 1 is 1.33 bits per heavy atom. The van der Waals surface area contributed by atoms with Gasteiger partial charge < -0.3 is 9.64 Å². The number of fused-ring (bicyclic) bond motifs is 1. The van der Waals surface area contributed by atoms with Gasteiger partial charge in [0.2, 0.25) is 0 Å². The number of sulfone groups is 1. The third-order valence-corrected chi connectivity index (χ3v) is 6.16. The minimum atomic E-state index is -3.53. The number of aromatic nitrogens is 1. The number of ether oxygens (including phenoxy) is 1. The van der Waals surface area contributed by atoms with Gasteiger partial charge in [-0.15, -0.1) is 0 Å². The zero-order chi connectivity index (χ0) is 19.6. The molecule has 1 aliphatic heterocycles. The molecule has 1 aromatic carbocycles. The molecule has 0 unspecified atom stereocenters. The molecule has 3 rings (SSSR count). The molecule has 2 heterocycles. The van der Waals surface area contributed by atoms with E-state index in [4.69, 9.17) is 4.74 Å². The van der Waals surface area contributed by atoms with Crippen molar-refractivity contribution in [2.24, 2.45) is 0 Å². The minimum Gasteiger partial charge on any atom is -0.450 e. The lowest BCUT2D eigenvalue weighted by Gasteiger charge is -2.24. The number of nitrogens with zero attached hydrogens (tertiary/aromatic N) is 2. The van der Waals surface area contributed by atoms with Crippen LogP contribution in [0.25, 0.3) is 0 Å². The van der Waals surface area contributed by atoms with Crippen molar-refractivity contribution in [3.05, 3.63) is 40.4 Å². The Bertz CT molecular complexity index is 984. The van der Waals surface area contributed by atoms with Crippen LogP contribution in [0, 0.1) is 0 Å². The second-order valence-electron chi connectivity index (χ2n) is 5.98. The Hall–Kier alpha value is -2.46. The zero-order valence-corrected chi connectivity index (χ0v) is 16.5. The summed E-state index contributed by atoms with van der Waals surface area (Å²) < 4.78 is 28.8. The van der Waals surface area contributed by atoms with E-state index in [0.717, 1.165) is 16.8 Å². The van der Waals surface area contributed by atoms with Crippen molar-refractivity contribution in [1.82, 2.24) is 9.88 Å². The predicted octanol–water partition coefficient (Wildman–Crippen LogP) is 2.31. The third kappa shape index (κ3) is 4.28. The van der Waals surface area contributed by atoms with Gasteiger partial charge in [0.15, 0.2) is 15.0 Å². The summed E-state index contributed by atoms with van der Waals surface area (Å²) in [6.45, 7) is 2.94. The summed E-state index contributed by atoms with van der Waals surface area (Å²) in [5, 5.41) is 3.04. The molecule has 144 valence electrons. The van der Waals surface area contributed by atoms with Gasteiger partial charge in [-0.05, 0) is 19.1 Å². The Morgan fingerprint density at radius 3 is 2.78 bits per heavy atom. The maximum atomic E-state index is 12.6. The number of amides is 2. The molecule has 0 spiro atoms. The predicted molar refractivity (Wildman–Crippen MR) is 101 cm³/mol. The largest absolute Gasteiger partial charge is 0.450 e. The van der Waals surface area contributed by atoms with E-state index in [0.29, 0.717) is 31.2 Å². The second kappa shape index (κ2) is 7.65. The van der Waals surface area contributed by atoms with Crippen LogP contribution >= 0.6 is 11.3 Å². The van der Waals surface area contributed by atoms with Crippen LogP contribution < -0.4 is 5.32 Å². The molecule has 0 saturated heterocycles. The standard InChI is InChI=1S/C17H19N3O5S2/c1-3-25-17(22)20-9-8-12-13(10-20)26-16(18-12)19-15(21)11-6-4-5-7-14(11)27(2,23)24/h4-7H,3,8-10H2,1-2H3,(H,18,19,21). The number of carbonyl (C=O) groups excluding carboxylic acids is 2. The van der Waals surface area contributed by atoms with Gasteiger partial charge in [-0.1, -0.05) is 23.5 Å². The SMILES string of the molecule is CCOC(=O)N1CCc2nc(NC(=O)c3ccccc3S(C)(=O)=O)sc2C1. The number of carbonyl (C=O) groups is 2. The molecular weight excluding hydrogens is 390 g/mol. The maximum Gasteiger partial charge on any atom is 0.410 e. The zero-order valence-electron chi connectivity index (χ0n) is 14.9. The average molecular weight is 409 g/mol. The monoisotopic (exact) mass is 409 g/mol. The van der Waals surface area contributed by atoms with Crippen molar-refractivity contribution in [1.29, 1.82) is 0 Å². The molecule has 27 heavy (non-hydrogen) atoms. The average Bonchev–Trinajstić information content (AvgIpc) is 3.02. The molecule has 0 saturated carbocycles. The Labute approximate surface area is 161 Å². The van der Waals surface area contributed by atoms with Crippen LogP contribution in [0.4, 0.5) is 9.93 Å². The summed E-state index contributed by atoms with van der Waals surface area (Å²) in [4.78, 5) is 31.3. The summed E-state index contributed by atoms with van der Waals surface area (Å²) >= 11 is 1.27. The fraction of sp³-hybridized carbons (Fsp3) is 0.353. The van der Waals surface area contributed by atoms with Crippen molar-refractivity contribution < 1.29 is 22.7 Å². The highest BCUT2D eigenvalue weighted by molar-refractivity contribution is 7.90. The van der Waals surface area contributed by atoms with Crippen molar-refractivity contribution in [3.63, 3.8) is 0 Å². The molecule has 0 aliphatic carbocycles. The van der Waals surface area contributed by atoms with Gasteiger partial charge in [0.25, 0.3) is 5.91 Å². The molecule has 8 nitrogen and oxygen atoms in total. The normalized spacial score (nSPS) is 13.8. The minimum absolute atomic E-state index is 0.0303. The van der Waals surface area contributed by atoms with Gasteiger partial charge in [0.1, 0.15) is 0 Å². The Morgan fingerprint density at radius 2 is 2.07 bits per heavy atom. The molecule has 0 fully saturated rings. The second-order valence-corrected chi connectivity index (χ2v) is 9.05. The summed E-state index contributed by atoms with van der Waals surface area (Å²) in [6.07, 6.45) is 1.26. The molecule has 1 aromatic heterocycles. The van der Waals surface area contributed by atoms with E-state index in [1.165, 1.54) is 23.5 Å². The van der Waals surface area contributed by atoms with Crippen LogP contribution in [0.3, 0.4) is 0 Å². The van der Waals surface area contributed by atoms with Crippen molar-refractivity contribution in [2.45, 2.75) is 24.8 Å². The molecule has 0 bridgehead atoms. The smallest absolute Gasteiger partial charge is 0.410 e. The molecule has 2 aromatic rings. The van der Waals surface area contributed by atoms with E-state index in [1.807, 2.05) is 0 Å². The molecule has 0 atom stereocenters. The first-order chi connectivity index (χ1) is 12.8. The summed E-state index contributed by atoms with van der Waals surface area (Å²) in [5.74, 6) is -0.538. The van der Waals surface area contributed by atoms with Gasteiger partial charge in [0, 0.05) is 24.1 Å². The van der Waals surface area contributed by atoms with Gasteiger partial charge in [-0.2, -0.15) is 0 Å². The maximum absolute atomic E-state index is 12.6. The van der Waals surface area contributed by atoms with Gasteiger partial charge >= 0.3 is 6.09 Å². The number of nitrogens with one attached hydrogen (secondary N) is 1. The number of thiazole rings is 1. The van der Waals surface area contributed by atoms with E-state index in [2.05, 4.69) is 10.3 Å². The van der Waals surface area contributed by atoms with Crippen LogP contribution in [0.1, 0.15) is 27.9 Å². The first-order valence-electron chi connectivity index (χ1n) is 8.30. The van der Waals surface area contributed by atoms with Gasteiger partial charge in [0.05, 0.1) is 29.3 Å². The molecule has 10 heteroatoms. The lowest BCUT2D eigenvalue weighted by Crippen LogP contribution is -2.35. The number of anilines is 1. The number of rotatable bonds is 4. The topological polar surface area (TPSA) is 106 Å². The van der Waals surface area contributed by atoms with E-state index in [1.54, 1.807) is 24.0 Å². The lowest BCUT2D eigenvalue weighted by atomic mass is 10.2. The Kier molecular flexibility index (Phi) is 5.47.